The summed E-state index contributed by atoms with van der Waals surface area (Å²) in [5.74, 6) is 0. The van der Waals surface area contributed by atoms with Crippen molar-refractivity contribution in [2.24, 2.45) is 0 Å². The van der Waals surface area contributed by atoms with Crippen LogP contribution in [-0.4, -0.2) is 18.7 Å². The second-order valence-electron chi connectivity index (χ2n) is 0.612. The van der Waals surface area contributed by atoms with Crippen LogP contribution < -0.4 is 51.4 Å². The molecule has 1 rings (SSSR count). The summed E-state index contributed by atoms with van der Waals surface area (Å²) in [4.78, 5) is 0. The fourth-order valence-corrected chi connectivity index (χ4v) is 0. The molecule has 1 saturated heterocycles. The van der Waals surface area contributed by atoms with Gasteiger partial charge in [-0.1, -0.05) is 0 Å². The van der Waals surface area contributed by atoms with Gasteiger partial charge in [-0.25, -0.2) is 0 Å². The zero-order chi connectivity index (χ0) is 2.12. The van der Waals surface area contributed by atoms with Crippen molar-refractivity contribution >= 4 is 0 Å². The van der Waals surface area contributed by atoms with Crippen molar-refractivity contribution in [1.29, 1.82) is 0 Å². The van der Waals surface area contributed by atoms with Gasteiger partial charge in [-0.3, -0.25) is 0 Å². The molecule has 0 unspecified atom stereocenters. The molecule has 0 aliphatic carbocycles. The second kappa shape index (κ2) is 5.56. The monoisotopic (exact) mass is 100.0 g/mol. The summed E-state index contributed by atoms with van der Waals surface area (Å²) in [6, 6.07) is 0. The Morgan fingerprint density at radius 1 is 1.20 bits per heavy atom. The summed E-state index contributed by atoms with van der Waals surface area (Å²) in [5, 5.41) is 0. The van der Waals surface area contributed by atoms with Gasteiger partial charge in [0.2, 0.25) is 0 Å². The van der Waals surface area contributed by atoms with Crippen molar-refractivity contribution in [3.8, 4) is 0 Å². The van der Waals surface area contributed by atoms with E-state index in [1.54, 1.807) is 0 Å². The Balaban J connectivity index is 0. The van der Waals surface area contributed by atoms with Gasteiger partial charge in [-0.05, 0) is 0 Å². The van der Waals surface area contributed by atoms with Crippen molar-refractivity contribution in [2.45, 2.75) is 0 Å². The third kappa shape index (κ3) is 10.8. The summed E-state index contributed by atoms with van der Waals surface area (Å²) >= 11 is 0. The Kier molecular flexibility index (Phi) is 10.8. The number of hydrogen-bond donors (Lipinski definition) is 0. The average Bonchev–Trinajstić information content (AvgIpc) is 1.46. The first kappa shape index (κ1) is 9.75. The summed E-state index contributed by atoms with van der Waals surface area (Å²) in [6.45, 7) is 2.00. The van der Waals surface area contributed by atoms with E-state index in [0.717, 1.165) is 13.2 Å². The molecule has 1 N–H and O–H groups in total. The molecule has 3 heteroatoms. The maximum Gasteiger partial charge on any atom is 1.00 e. The fourth-order valence-electron chi connectivity index (χ4n) is 0. The normalized spacial score (nSPS) is 14.4. The van der Waals surface area contributed by atoms with Crippen molar-refractivity contribution < 1.29 is 61.6 Å². The van der Waals surface area contributed by atoms with Crippen LogP contribution in [-0.2, 0) is 4.74 Å². The predicted molar refractivity (Wildman–Crippen MR) is 12.8 cm³/mol. The van der Waals surface area contributed by atoms with Crippen LogP contribution in [0.5, 0.6) is 0 Å². The van der Waals surface area contributed by atoms with E-state index in [1.165, 1.54) is 0 Å². The Morgan fingerprint density at radius 3 is 1.40 bits per heavy atom. The van der Waals surface area contributed by atoms with Gasteiger partial charge >= 0.3 is 51.4 Å². The van der Waals surface area contributed by atoms with Gasteiger partial charge in [0.15, 0.2) is 0 Å². The third-order valence-corrected chi connectivity index (χ3v) is 0.204. The molecule has 0 radical (unpaired) electrons. The van der Waals surface area contributed by atoms with Gasteiger partial charge in [-0.15, -0.1) is 0 Å². The van der Waals surface area contributed by atoms with Gasteiger partial charge in [0, 0.05) is 0 Å². The molecule has 26 valence electrons. The maximum absolute atomic E-state index is 4.50. The summed E-state index contributed by atoms with van der Waals surface area (Å²) in [7, 11) is 0. The summed E-state index contributed by atoms with van der Waals surface area (Å²) in [5.41, 5.74) is 0. The maximum atomic E-state index is 4.50. The zero-order valence-electron chi connectivity index (χ0n) is 3.27. The van der Waals surface area contributed by atoms with Crippen LogP contribution in [0.2, 0.25) is 0 Å². The molecule has 1 aliphatic heterocycles. The molecule has 1 heterocycles. The molecule has 1 fully saturated rings. The Morgan fingerprint density at radius 2 is 1.40 bits per heavy atom. The minimum absolute atomic E-state index is 0. The van der Waals surface area contributed by atoms with Crippen LogP contribution >= 0.6 is 0 Å². The Bertz CT molecular complexity index is 12.4. The van der Waals surface area contributed by atoms with Crippen LogP contribution in [0.3, 0.4) is 0 Å². The Labute approximate surface area is 73.6 Å². The van der Waals surface area contributed by atoms with E-state index in [9.17, 15) is 0 Å². The second-order valence-corrected chi connectivity index (χ2v) is 0.612. The first-order valence-electron chi connectivity index (χ1n) is 1.08. The molecule has 0 saturated carbocycles. The van der Waals surface area contributed by atoms with Crippen molar-refractivity contribution in [2.75, 3.05) is 13.2 Å². The molecule has 0 aromatic heterocycles. The molecule has 0 aromatic carbocycles. The number of hydrogen-bond acceptors (Lipinski definition) is 2. The van der Waals surface area contributed by atoms with Crippen LogP contribution in [0.25, 0.3) is 0 Å². The van der Waals surface area contributed by atoms with E-state index < -0.39 is 0 Å². The van der Waals surface area contributed by atoms with E-state index >= 15 is 0 Å². The molecule has 0 amide bonds. The number of ether oxygens (including phenoxy) is 1. The van der Waals surface area contributed by atoms with Crippen LogP contribution in [0.15, 0.2) is 0 Å². The van der Waals surface area contributed by atoms with E-state index in [2.05, 4.69) is 4.74 Å². The van der Waals surface area contributed by atoms with Crippen LogP contribution in [0, 0.1) is 0 Å². The molecule has 1 aliphatic rings. The van der Waals surface area contributed by atoms with Gasteiger partial charge in [0.05, 0.1) is 13.2 Å². The van der Waals surface area contributed by atoms with E-state index in [1.807, 2.05) is 0 Å². The topological polar surface area (TPSA) is 42.5 Å². The van der Waals surface area contributed by atoms with Crippen molar-refractivity contribution in [1.82, 2.24) is 0 Å². The quantitative estimate of drug-likeness (QED) is 0.238. The minimum Gasteiger partial charge on any atom is -0.870 e. The summed E-state index contributed by atoms with van der Waals surface area (Å²) < 4.78 is 4.50. The SMILES string of the molecule is C1CO1.[K+].[OH-]. The van der Waals surface area contributed by atoms with E-state index in [-0.39, 0.29) is 56.9 Å². The van der Waals surface area contributed by atoms with Crippen molar-refractivity contribution in [3.05, 3.63) is 0 Å². The van der Waals surface area contributed by atoms with Gasteiger partial charge < -0.3 is 10.2 Å². The first-order chi connectivity index (χ1) is 1.50. The molecule has 0 bridgehead atoms. The molecule has 2 nitrogen and oxygen atoms in total. The standard InChI is InChI=1S/C2H4O.K.H2O/c1-2-3-1;;/h1-2H2;;1H2/q;+1;/p-1. The number of rotatable bonds is 0. The average molecular weight is 100 g/mol. The largest absolute Gasteiger partial charge is 1.00 e. The van der Waals surface area contributed by atoms with Gasteiger partial charge in [0.1, 0.15) is 0 Å². The third-order valence-electron chi connectivity index (χ3n) is 0.204. The first-order valence-corrected chi connectivity index (χ1v) is 1.08. The van der Waals surface area contributed by atoms with Gasteiger partial charge in [0.25, 0.3) is 0 Å². The van der Waals surface area contributed by atoms with Crippen molar-refractivity contribution in [3.63, 3.8) is 0 Å². The van der Waals surface area contributed by atoms with Crippen LogP contribution in [0.4, 0.5) is 0 Å². The molecule has 5 heavy (non-hydrogen) atoms. The summed E-state index contributed by atoms with van der Waals surface area (Å²) in [6.07, 6.45) is 0. The fraction of sp³-hybridized carbons (Fsp3) is 1.00. The molecule has 0 spiro atoms. The predicted octanol–water partition coefficient (Wildman–Crippen LogP) is -3.16. The molecule has 0 atom stereocenters. The molecular formula is C2H5KO2. The van der Waals surface area contributed by atoms with Crippen LogP contribution in [0.1, 0.15) is 0 Å². The Hall–Kier alpha value is 1.56. The van der Waals surface area contributed by atoms with E-state index in [0.29, 0.717) is 0 Å². The number of epoxide rings is 1. The molecular weight excluding hydrogens is 95.1 g/mol. The van der Waals surface area contributed by atoms with Gasteiger partial charge in [-0.2, -0.15) is 0 Å². The minimum atomic E-state index is 0. The zero-order valence-corrected chi connectivity index (χ0v) is 6.39. The smallest absolute Gasteiger partial charge is 0.870 e. The van der Waals surface area contributed by atoms with E-state index in [4.69, 9.17) is 0 Å². The molecule has 0 aromatic rings.